The summed E-state index contributed by atoms with van der Waals surface area (Å²) in [5, 5.41) is 1.86. The van der Waals surface area contributed by atoms with E-state index >= 15 is 0 Å². The SMILES string of the molecule is CNC(OC(=S)OC)C(=O)c1ccc(C2=CC(c3cc(Cl)c(Cl)c(Cl)c3)(C(F)(F)F)ON2)cc1Cl. The number of methoxy groups -OCH3 is 1. The number of carbonyl (C=O) groups excluding carboxylic acids is 1. The third kappa shape index (κ3) is 5.48. The van der Waals surface area contributed by atoms with Gasteiger partial charge in [0.15, 0.2) is 0 Å². The highest BCUT2D eigenvalue weighted by Gasteiger charge is 2.59. The summed E-state index contributed by atoms with van der Waals surface area (Å²) in [4.78, 5) is 17.8. The van der Waals surface area contributed by atoms with Crippen LogP contribution in [0.2, 0.25) is 20.1 Å². The van der Waals surface area contributed by atoms with Crippen molar-refractivity contribution in [3.05, 3.63) is 73.2 Å². The van der Waals surface area contributed by atoms with Gasteiger partial charge in [0, 0.05) is 28.9 Å². The van der Waals surface area contributed by atoms with E-state index in [4.69, 9.17) is 72.9 Å². The molecule has 0 amide bonds. The van der Waals surface area contributed by atoms with E-state index < -0.39 is 29.4 Å². The van der Waals surface area contributed by atoms with Gasteiger partial charge in [0.05, 0.1) is 32.9 Å². The van der Waals surface area contributed by atoms with Gasteiger partial charge in [-0.15, -0.1) is 0 Å². The van der Waals surface area contributed by atoms with Gasteiger partial charge < -0.3 is 9.47 Å². The van der Waals surface area contributed by atoms with Crippen LogP contribution in [0.4, 0.5) is 13.2 Å². The van der Waals surface area contributed by atoms with E-state index in [1.54, 1.807) is 0 Å². The van der Waals surface area contributed by atoms with E-state index in [0.29, 0.717) is 0 Å². The number of hydrogen-bond donors (Lipinski definition) is 2. The number of hydroxylamine groups is 1. The van der Waals surface area contributed by atoms with E-state index in [9.17, 15) is 18.0 Å². The molecule has 35 heavy (non-hydrogen) atoms. The molecule has 0 saturated carbocycles. The largest absolute Gasteiger partial charge is 0.460 e. The molecular weight excluding hydrogens is 575 g/mol. The molecule has 1 aliphatic heterocycles. The van der Waals surface area contributed by atoms with Crippen molar-refractivity contribution >= 4 is 75.3 Å². The summed E-state index contributed by atoms with van der Waals surface area (Å²) in [6.45, 7) is 0. The molecule has 1 heterocycles. The van der Waals surface area contributed by atoms with Gasteiger partial charge in [-0.25, -0.2) is 0 Å². The number of rotatable bonds is 6. The molecule has 3 rings (SSSR count). The Morgan fingerprint density at radius 3 is 2.29 bits per heavy atom. The minimum Gasteiger partial charge on any atom is -0.460 e. The van der Waals surface area contributed by atoms with Gasteiger partial charge in [-0.1, -0.05) is 52.5 Å². The summed E-state index contributed by atoms with van der Waals surface area (Å²) < 4.78 is 52.6. The first-order valence-corrected chi connectivity index (χ1v) is 11.4. The molecule has 2 N–H and O–H groups in total. The first-order chi connectivity index (χ1) is 16.3. The van der Waals surface area contributed by atoms with Gasteiger partial charge >= 0.3 is 11.4 Å². The summed E-state index contributed by atoms with van der Waals surface area (Å²) in [5.74, 6) is -0.580. The molecule has 14 heteroatoms. The number of nitrogens with one attached hydrogen (secondary N) is 2. The Labute approximate surface area is 223 Å². The highest BCUT2D eigenvalue weighted by molar-refractivity contribution is 7.79. The van der Waals surface area contributed by atoms with Gasteiger partial charge in [-0.2, -0.15) is 13.2 Å². The Hall–Kier alpha value is -1.79. The normalized spacial score (nSPS) is 18.5. The molecule has 2 unspecified atom stereocenters. The van der Waals surface area contributed by atoms with Crippen molar-refractivity contribution < 1.29 is 32.3 Å². The number of Topliss-reactive ketones (excluding diaryl/α,β-unsaturated/α-hetero) is 1. The maximum absolute atomic E-state index is 14.2. The number of ketones is 1. The average molecular weight is 590 g/mol. The molecule has 0 bridgehead atoms. The van der Waals surface area contributed by atoms with Crippen molar-refractivity contribution in [1.82, 2.24) is 10.8 Å². The summed E-state index contributed by atoms with van der Waals surface area (Å²) in [5.41, 5.74) is -0.872. The molecule has 2 aromatic carbocycles. The van der Waals surface area contributed by atoms with Crippen LogP contribution < -0.4 is 10.8 Å². The summed E-state index contributed by atoms with van der Waals surface area (Å²) in [7, 11) is 2.73. The second kappa shape index (κ2) is 10.7. The number of alkyl halides is 3. The molecule has 0 fully saturated rings. The van der Waals surface area contributed by atoms with E-state index in [1.165, 1.54) is 32.4 Å². The van der Waals surface area contributed by atoms with Gasteiger partial charge in [0.1, 0.15) is 0 Å². The van der Waals surface area contributed by atoms with Crippen molar-refractivity contribution in [2.24, 2.45) is 0 Å². The third-order valence-electron chi connectivity index (χ3n) is 4.93. The van der Waals surface area contributed by atoms with Gasteiger partial charge in [-0.3, -0.25) is 20.4 Å². The van der Waals surface area contributed by atoms with E-state index in [-0.39, 0.29) is 42.2 Å². The number of thiocarbonyl (C=S) groups is 1. The standard InChI is InChI=1S/C21H15Cl4F3N2O4S/c1-29-18(33-19(35)32-2)17(31)11-4-3-9(5-12(11)22)15-8-20(34-30-15,21(26,27)28)10-6-13(23)16(25)14(24)7-10/h3-8,18,29-30H,1-2H3. The van der Waals surface area contributed by atoms with Crippen LogP contribution in [0.5, 0.6) is 0 Å². The van der Waals surface area contributed by atoms with Gasteiger partial charge in [0.25, 0.3) is 0 Å². The highest BCUT2D eigenvalue weighted by Crippen LogP contribution is 2.49. The van der Waals surface area contributed by atoms with Crippen molar-refractivity contribution in [3.63, 3.8) is 0 Å². The lowest BCUT2D eigenvalue weighted by Gasteiger charge is -2.29. The maximum atomic E-state index is 14.2. The lowest BCUT2D eigenvalue weighted by atomic mass is 9.91. The second-order valence-corrected chi connectivity index (χ2v) is 8.98. The maximum Gasteiger partial charge on any atom is 0.428 e. The molecule has 0 saturated heterocycles. The lowest BCUT2D eigenvalue weighted by Crippen LogP contribution is -2.42. The summed E-state index contributed by atoms with van der Waals surface area (Å²) in [6, 6.07) is 6.04. The molecule has 6 nitrogen and oxygen atoms in total. The Bertz CT molecular complexity index is 1190. The summed E-state index contributed by atoms with van der Waals surface area (Å²) in [6.07, 6.45) is -5.30. The minimum atomic E-state index is -4.92. The molecular formula is C21H15Cl4F3N2O4S. The third-order valence-corrected chi connectivity index (χ3v) is 6.70. The first-order valence-electron chi connectivity index (χ1n) is 9.49. The predicted molar refractivity (Wildman–Crippen MR) is 131 cm³/mol. The van der Waals surface area contributed by atoms with E-state index in [1.807, 2.05) is 0 Å². The van der Waals surface area contributed by atoms with E-state index in [2.05, 4.69) is 10.8 Å². The quantitative estimate of drug-likeness (QED) is 0.177. The van der Waals surface area contributed by atoms with Crippen molar-refractivity contribution in [3.8, 4) is 0 Å². The molecule has 188 valence electrons. The molecule has 2 aromatic rings. The minimum absolute atomic E-state index is 0.0338. The zero-order chi connectivity index (χ0) is 26.1. The number of halogens is 7. The predicted octanol–water partition coefficient (Wildman–Crippen LogP) is 6.31. The van der Waals surface area contributed by atoms with Gasteiger partial charge in [-0.05, 0) is 37.4 Å². The van der Waals surface area contributed by atoms with Crippen LogP contribution in [0, 0.1) is 0 Å². The Kier molecular flexibility index (Phi) is 8.48. The van der Waals surface area contributed by atoms with Crippen LogP contribution in [0.25, 0.3) is 5.70 Å². The van der Waals surface area contributed by atoms with Crippen LogP contribution in [-0.4, -0.2) is 37.6 Å². The number of benzene rings is 2. The number of ether oxygens (including phenoxy) is 2. The first kappa shape index (κ1) is 27.8. The van der Waals surface area contributed by atoms with Crippen LogP contribution in [-0.2, 0) is 19.9 Å². The molecule has 2 atom stereocenters. The topological polar surface area (TPSA) is 68.8 Å². The average Bonchev–Trinajstić information content (AvgIpc) is 3.27. The molecule has 0 spiro atoms. The zero-order valence-electron chi connectivity index (χ0n) is 17.7. The monoisotopic (exact) mass is 588 g/mol. The van der Waals surface area contributed by atoms with Crippen molar-refractivity contribution in [2.45, 2.75) is 18.0 Å². The number of hydrogen-bond acceptors (Lipinski definition) is 7. The lowest BCUT2D eigenvalue weighted by molar-refractivity contribution is -0.269. The van der Waals surface area contributed by atoms with Crippen LogP contribution >= 0.6 is 58.6 Å². The molecule has 0 radical (unpaired) electrons. The fourth-order valence-electron chi connectivity index (χ4n) is 3.17. The fraction of sp³-hybridized carbons (Fsp3) is 0.238. The highest BCUT2D eigenvalue weighted by atomic mass is 35.5. The van der Waals surface area contributed by atoms with Crippen LogP contribution in [0.15, 0.2) is 36.4 Å². The number of likely N-dealkylation sites (N-methyl/N-ethyl adjacent to an activating group) is 1. The number of carbonyl (C=O) groups is 1. The van der Waals surface area contributed by atoms with Crippen molar-refractivity contribution in [2.75, 3.05) is 14.2 Å². The van der Waals surface area contributed by atoms with E-state index in [0.717, 1.165) is 18.2 Å². The Morgan fingerprint density at radius 1 is 1.14 bits per heavy atom. The molecule has 1 aliphatic rings. The molecule has 0 aliphatic carbocycles. The van der Waals surface area contributed by atoms with Crippen LogP contribution in [0.1, 0.15) is 21.5 Å². The smallest absolute Gasteiger partial charge is 0.428 e. The van der Waals surface area contributed by atoms with Crippen LogP contribution in [0.3, 0.4) is 0 Å². The Morgan fingerprint density at radius 2 is 1.77 bits per heavy atom. The fourth-order valence-corrected chi connectivity index (χ4v) is 4.13. The zero-order valence-corrected chi connectivity index (χ0v) is 21.6. The van der Waals surface area contributed by atoms with Crippen molar-refractivity contribution in [1.29, 1.82) is 0 Å². The Balaban J connectivity index is 2.00. The van der Waals surface area contributed by atoms with Gasteiger partial charge in [0.2, 0.25) is 17.6 Å². The molecule has 0 aromatic heterocycles. The second-order valence-electron chi connectivity index (χ2n) is 7.05. The summed E-state index contributed by atoms with van der Waals surface area (Å²) >= 11 is 28.8.